The molecule has 0 aromatic rings. The Hall–Kier alpha value is -0.0800. The van der Waals surface area contributed by atoms with E-state index in [-0.39, 0.29) is 5.60 Å². The molecule has 1 N–H and O–H groups in total. The second-order valence-corrected chi connectivity index (χ2v) is 5.80. The Bertz CT molecular complexity index is 191. The Morgan fingerprint density at radius 2 is 2.07 bits per heavy atom. The molecular weight excluding hydrogens is 186 g/mol. The first-order valence-electron chi connectivity index (χ1n) is 6.28. The molecule has 0 radical (unpaired) electrons. The normalized spacial score (nSPS) is 29.0. The fourth-order valence-corrected chi connectivity index (χ4v) is 2.51. The summed E-state index contributed by atoms with van der Waals surface area (Å²) in [6, 6.07) is 0.620. The molecule has 2 nitrogen and oxygen atoms in total. The molecule has 1 aliphatic rings. The lowest BCUT2D eigenvalue weighted by atomic mass is 9.95. The van der Waals surface area contributed by atoms with Crippen LogP contribution < -0.4 is 5.32 Å². The first kappa shape index (κ1) is 13.0. The standard InChI is InChI=1S/C13H27NO/c1-10(8-11(2)14-5)9-12-6-7-13(3,4)15-12/h10-12,14H,6-9H2,1-5H3. The molecule has 15 heavy (non-hydrogen) atoms. The monoisotopic (exact) mass is 213 g/mol. The highest BCUT2D eigenvalue weighted by Crippen LogP contribution is 2.33. The van der Waals surface area contributed by atoms with Gasteiger partial charge >= 0.3 is 0 Å². The maximum atomic E-state index is 6.01. The maximum absolute atomic E-state index is 6.01. The van der Waals surface area contributed by atoms with Gasteiger partial charge in [-0.25, -0.2) is 0 Å². The second-order valence-electron chi connectivity index (χ2n) is 5.80. The van der Waals surface area contributed by atoms with Gasteiger partial charge in [-0.3, -0.25) is 0 Å². The van der Waals surface area contributed by atoms with E-state index in [0.29, 0.717) is 12.1 Å². The lowest BCUT2D eigenvalue weighted by Crippen LogP contribution is -2.26. The van der Waals surface area contributed by atoms with Gasteiger partial charge in [0.15, 0.2) is 0 Å². The molecule has 3 unspecified atom stereocenters. The van der Waals surface area contributed by atoms with E-state index in [2.05, 4.69) is 33.0 Å². The van der Waals surface area contributed by atoms with Gasteiger partial charge in [0.05, 0.1) is 11.7 Å². The molecule has 1 aliphatic heterocycles. The lowest BCUT2D eigenvalue weighted by Gasteiger charge is -2.23. The Kier molecular flexibility index (Phi) is 4.60. The maximum Gasteiger partial charge on any atom is 0.0631 e. The van der Waals surface area contributed by atoms with Gasteiger partial charge < -0.3 is 10.1 Å². The van der Waals surface area contributed by atoms with Crippen LogP contribution in [0, 0.1) is 5.92 Å². The third-order valence-electron chi connectivity index (χ3n) is 3.47. The number of hydrogen-bond acceptors (Lipinski definition) is 2. The molecule has 3 atom stereocenters. The summed E-state index contributed by atoms with van der Waals surface area (Å²) in [5.74, 6) is 0.756. The van der Waals surface area contributed by atoms with Gasteiger partial charge in [0.25, 0.3) is 0 Å². The topological polar surface area (TPSA) is 21.3 Å². The van der Waals surface area contributed by atoms with Crippen molar-refractivity contribution in [2.24, 2.45) is 5.92 Å². The molecule has 0 aromatic heterocycles. The van der Waals surface area contributed by atoms with Gasteiger partial charge in [-0.1, -0.05) is 6.92 Å². The van der Waals surface area contributed by atoms with Crippen molar-refractivity contribution in [2.75, 3.05) is 7.05 Å². The fourth-order valence-electron chi connectivity index (χ4n) is 2.51. The molecule has 1 rings (SSSR count). The van der Waals surface area contributed by atoms with Crippen LogP contribution in [-0.4, -0.2) is 24.8 Å². The zero-order valence-corrected chi connectivity index (χ0v) is 11.0. The Morgan fingerprint density at radius 1 is 1.40 bits per heavy atom. The molecule has 1 saturated heterocycles. The first-order chi connectivity index (χ1) is 6.93. The van der Waals surface area contributed by atoms with Crippen molar-refractivity contribution >= 4 is 0 Å². The highest BCUT2D eigenvalue weighted by atomic mass is 16.5. The summed E-state index contributed by atoms with van der Waals surface area (Å²) >= 11 is 0. The smallest absolute Gasteiger partial charge is 0.0631 e. The first-order valence-corrected chi connectivity index (χ1v) is 6.28. The average Bonchev–Trinajstić information content (AvgIpc) is 2.44. The van der Waals surface area contributed by atoms with Gasteiger partial charge in [-0.15, -0.1) is 0 Å². The predicted molar refractivity (Wildman–Crippen MR) is 65.1 cm³/mol. The van der Waals surface area contributed by atoms with Crippen LogP contribution >= 0.6 is 0 Å². The van der Waals surface area contributed by atoms with E-state index in [0.717, 1.165) is 5.92 Å². The van der Waals surface area contributed by atoms with Crippen molar-refractivity contribution in [3.05, 3.63) is 0 Å². The lowest BCUT2D eigenvalue weighted by molar-refractivity contribution is -0.0243. The van der Waals surface area contributed by atoms with Crippen LogP contribution in [0.1, 0.15) is 53.4 Å². The van der Waals surface area contributed by atoms with Crippen molar-refractivity contribution in [1.29, 1.82) is 0 Å². The summed E-state index contributed by atoms with van der Waals surface area (Å²) in [6.45, 7) is 8.99. The summed E-state index contributed by atoms with van der Waals surface area (Å²) in [5, 5.41) is 3.30. The molecule has 1 heterocycles. The zero-order valence-electron chi connectivity index (χ0n) is 11.0. The number of nitrogens with one attached hydrogen (secondary N) is 1. The van der Waals surface area contributed by atoms with Crippen LogP contribution in [0.15, 0.2) is 0 Å². The van der Waals surface area contributed by atoms with Crippen molar-refractivity contribution in [2.45, 2.75) is 71.1 Å². The Labute approximate surface area is 94.8 Å². The van der Waals surface area contributed by atoms with Crippen LogP contribution in [0.3, 0.4) is 0 Å². The van der Waals surface area contributed by atoms with E-state index in [4.69, 9.17) is 4.74 Å². The van der Waals surface area contributed by atoms with Gasteiger partial charge in [0.2, 0.25) is 0 Å². The van der Waals surface area contributed by atoms with Gasteiger partial charge in [-0.2, -0.15) is 0 Å². The molecule has 0 amide bonds. The minimum absolute atomic E-state index is 0.124. The molecule has 2 heteroatoms. The fraction of sp³-hybridized carbons (Fsp3) is 1.00. The van der Waals surface area contributed by atoms with Crippen molar-refractivity contribution < 1.29 is 4.74 Å². The summed E-state index contributed by atoms with van der Waals surface area (Å²) in [4.78, 5) is 0. The number of hydrogen-bond donors (Lipinski definition) is 1. The molecule has 1 fully saturated rings. The van der Waals surface area contributed by atoms with Gasteiger partial charge in [0, 0.05) is 6.04 Å². The number of ether oxygens (including phenoxy) is 1. The molecule has 0 aliphatic carbocycles. The van der Waals surface area contributed by atoms with Crippen LogP contribution in [-0.2, 0) is 4.74 Å². The summed E-state index contributed by atoms with van der Waals surface area (Å²) in [5.41, 5.74) is 0.124. The highest BCUT2D eigenvalue weighted by Gasteiger charge is 2.32. The summed E-state index contributed by atoms with van der Waals surface area (Å²) in [7, 11) is 2.03. The SMILES string of the molecule is CNC(C)CC(C)CC1CCC(C)(C)O1. The van der Waals surface area contributed by atoms with Crippen LogP contribution in [0.4, 0.5) is 0 Å². The van der Waals surface area contributed by atoms with Crippen molar-refractivity contribution in [3.8, 4) is 0 Å². The van der Waals surface area contributed by atoms with Gasteiger partial charge in [0.1, 0.15) is 0 Å². The van der Waals surface area contributed by atoms with E-state index in [1.54, 1.807) is 0 Å². The third kappa shape index (κ3) is 4.52. The molecule has 0 aromatic carbocycles. The summed E-state index contributed by atoms with van der Waals surface area (Å²) in [6.07, 6.45) is 5.42. The number of rotatable bonds is 5. The average molecular weight is 213 g/mol. The van der Waals surface area contributed by atoms with Crippen LogP contribution in [0.2, 0.25) is 0 Å². The van der Waals surface area contributed by atoms with E-state index < -0.39 is 0 Å². The molecule has 0 saturated carbocycles. The van der Waals surface area contributed by atoms with Gasteiger partial charge in [-0.05, 0) is 59.4 Å². The minimum Gasteiger partial charge on any atom is -0.372 e. The predicted octanol–water partition coefficient (Wildman–Crippen LogP) is 2.97. The van der Waals surface area contributed by atoms with E-state index in [1.807, 2.05) is 7.05 Å². The van der Waals surface area contributed by atoms with Crippen LogP contribution in [0.25, 0.3) is 0 Å². The molecule has 0 bridgehead atoms. The van der Waals surface area contributed by atoms with Crippen LogP contribution in [0.5, 0.6) is 0 Å². The zero-order chi connectivity index (χ0) is 11.5. The quantitative estimate of drug-likeness (QED) is 0.758. The largest absolute Gasteiger partial charge is 0.372 e. The Morgan fingerprint density at radius 3 is 2.53 bits per heavy atom. The van der Waals surface area contributed by atoms with E-state index >= 15 is 0 Å². The Balaban J connectivity index is 2.24. The van der Waals surface area contributed by atoms with Crippen molar-refractivity contribution in [3.63, 3.8) is 0 Å². The molecular formula is C13H27NO. The van der Waals surface area contributed by atoms with E-state index in [9.17, 15) is 0 Å². The minimum atomic E-state index is 0.124. The van der Waals surface area contributed by atoms with Crippen molar-refractivity contribution in [1.82, 2.24) is 5.32 Å². The molecule has 90 valence electrons. The second kappa shape index (κ2) is 5.31. The molecule has 0 spiro atoms. The third-order valence-corrected chi connectivity index (χ3v) is 3.47. The highest BCUT2D eigenvalue weighted by molar-refractivity contribution is 4.82. The van der Waals surface area contributed by atoms with E-state index in [1.165, 1.54) is 25.7 Å². The summed E-state index contributed by atoms with van der Waals surface area (Å²) < 4.78 is 6.01.